The van der Waals surface area contributed by atoms with Crippen LogP contribution in [0.25, 0.3) is 0 Å². The molecule has 0 saturated heterocycles. The van der Waals surface area contributed by atoms with Crippen LogP contribution >= 0.6 is 0 Å². The maximum atomic E-state index is 12.0. The Kier molecular flexibility index (Phi) is 3.82. The molecular formula is C6H12F3NO. The summed E-state index contributed by atoms with van der Waals surface area (Å²) in [5, 5.41) is 0. The molecule has 0 aliphatic carbocycles. The molecular weight excluding hydrogens is 159 g/mol. The first-order valence-electron chi connectivity index (χ1n) is 3.28. The molecule has 0 aromatic heterocycles. The molecule has 0 aliphatic heterocycles. The zero-order valence-corrected chi connectivity index (χ0v) is 6.48. The molecule has 0 aromatic carbocycles. The van der Waals surface area contributed by atoms with Crippen LogP contribution in [-0.4, -0.2) is 25.4 Å². The van der Waals surface area contributed by atoms with E-state index in [-0.39, 0.29) is 6.42 Å². The zero-order chi connectivity index (χ0) is 9.07. The summed E-state index contributed by atoms with van der Waals surface area (Å²) in [6.07, 6.45) is -5.95. The van der Waals surface area contributed by atoms with E-state index in [9.17, 15) is 13.2 Å². The van der Waals surface area contributed by atoms with Gasteiger partial charge in [0.1, 0.15) is 0 Å². The molecule has 0 spiro atoms. The molecule has 5 heteroatoms. The van der Waals surface area contributed by atoms with Gasteiger partial charge in [0.25, 0.3) is 0 Å². The van der Waals surface area contributed by atoms with Gasteiger partial charge in [-0.15, -0.1) is 0 Å². The maximum absolute atomic E-state index is 12.0. The van der Waals surface area contributed by atoms with Gasteiger partial charge in [0.05, 0.1) is 0 Å². The van der Waals surface area contributed by atoms with Crippen molar-refractivity contribution in [3.8, 4) is 0 Å². The van der Waals surface area contributed by atoms with Crippen molar-refractivity contribution >= 4 is 0 Å². The fraction of sp³-hybridized carbons (Fsp3) is 1.00. The Morgan fingerprint density at radius 3 is 2.00 bits per heavy atom. The van der Waals surface area contributed by atoms with Crippen LogP contribution in [-0.2, 0) is 4.74 Å². The third-order valence-corrected chi connectivity index (χ3v) is 1.44. The summed E-state index contributed by atoms with van der Waals surface area (Å²) in [5.41, 5.74) is 5.17. The molecule has 11 heavy (non-hydrogen) atoms. The molecule has 2 N–H and O–H groups in total. The van der Waals surface area contributed by atoms with Crippen LogP contribution in [0.4, 0.5) is 13.2 Å². The van der Waals surface area contributed by atoms with Gasteiger partial charge in [-0.2, -0.15) is 13.2 Å². The predicted molar refractivity (Wildman–Crippen MR) is 35.1 cm³/mol. The summed E-state index contributed by atoms with van der Waals surface area (Å²) in [6.45, 7) is 1.59. The van der Waals surface area contributed by atoms with Gasteiger partial charge in [0, 0.05) is 13.2 Å². The third-order valence-electron chi connectivity index (χ3n) is 1.44. The molecule has 0 aromatic rings. The summed E-state index contributed by atoms with van der Waals surface area (Å²) in [6, 6.07) is -0.972. The third kappa shape index (κ3) is 3.07. The summed E-state index contributed by atoms with van der Waals surface area (Å²) in [5.74, 6) is 0. The first kappa shape index (κ1) is 10.7. The standard InChI is InChI=1S/C6H12F3NO/c1-3-4(10)5(11-2)6(7,8)9/h4-5H,3,10H2,1-2H3/t4-,5+/m1/s1. The van der Waals surface area contributed by atoms with E-state index in [1.165, 1.54) is 0 Å². The van der Waals surface area contributed by atoms with Crippen LogP contribution in [0.1, 0.15) is 13.3 Å². The number of ether oxygens (including phenoxy) is 1. The molecule has 0 fully saturated rings. The summed E-state index contributed by atoms with van der Waals surface area (Å²) in [7, 11) is 1.01. The van der Waals surface area contributed by atoms with Crippen molar-refractivity contribution in [1.29, 1.82) is 0 Å². The summed E-state index contributed by atoms with van der Waals surface area (Å²) in [4.78, 5) is 0. The SMILES string of the molecule is CC[C@@H](N)[C@H](OC)C(F)(F)F. The lowest BCUT2D eigenvalue weighted by Crippen LogP contribution is -2.45. The molecule has 68 valence electrons. The van der Waals surface area contributed by atoms with E-state index in [1.54, 1.807) is 6.92 Å². The van der Waals surface area contributed by atoms with Gasteiger partial charge in [-0.1, -0.05) is 6.92 Å². The van der Waals surface area contributed by atoms with Crippen molar-refractivity contribution in [2.45, 2.75) is 31.7 Å². The van der Waals surface area contributed by atoms with Crippen LogP contribution in [0, 0.1) is 0 Å². The number of hydrogen-bond donors (Lipinski definition) is 1. The van der Waals surface area contributed by atoms with Crippen molar-refractivity contribution in [2.75, 3.05) is 7.11 Å². The Bertz CT molecular complexity index is 115. The molecule has 0 amide bonds. The Morgan fingerprint density at radius 2 is 1.91 bits per heavy atom. The Labute approximate surface area is 63.5 Å². The first-order valence-corrected chi connectivity index (χ1v) is 3.28. The highest BCUT2D eigenvalue weighted by Crippen LogP contribution is 2.24. The average molecular weight is 171 g/mol. The first-order chi connectivity index (χ1) is 4.93. The van der Waals surface area contributed by atoms with Gasteiger partial charge < -0.3 is 10.5 Å². The lowest BCUT2D eigenvalue weighted by atomic mass is 10.1. The Hall–Kier alpha value is -0.290. The van der Waals surface area contributed by atoms with Crippen molar-refractivity contribution in [2.24, 2.45) is 5.73 Å². The molecule has 0 heterocycles. The number of rotatable bonds is 3. The highest BCUT2D eigenvalue weighted by molar-refractivity contribution is 4.78. The van der Waals surface area contributed by atoms with Gasteiger partial charge in [0.2, 0.25) is 0 Å². The minimum Gasteiger partial charge on any atom is -0.370 e. The number of alkyl halides is 3. The van der Waals surface area contributed by atoms with E-state index in [0.29, 0.717) is 0 Å². The maximum Gasteiger partial charge on any atom is 0.416 e. The van der Waals surface area contributed by atoms with Gasteiger partial charge in [0.15, 0.2) is 6.10 Å². The fourth-order valence-corrected chi connectivity index (χ4v) is 0.765. The second kappa shape index (κ2) is 3.92. The quantitative estimate of drug-likeness (QED) is 0.694. The van der Waals surface area contributed by atoms with E-state index in [4.69, 9.17) is 5.73 Å². The van der Waals surface area contributed by atoms with Gasteiger partial charge in [-0.05, 0) is 6.42 Å². The molecule has 0 unspecified atom stereocenters. The normalized spacial score (nSPS) is 18.0. The van der Waals surface area contributed by atoms with E-state index in [0.717, 1.165) is 7.11 Å². The predicted octanol–water partition coefficient (Wildman–Crippen LogP) is 1.30. The second-order valence-corrected chi connectivity index (χ2v) is 2.27. The molecule has 0 aliphatic rings. The van der Waals surface area contributed by atoms with Crippen molar-refractivity contribution in [1.82, 2.24) is 0 Å². The molecule has 0 rings (SSSR count). The lowest BCUT2D eigenvalue weighted by Gasteiger charge is -2.23. The number of halogens is 3. The van der Waals surface area contributed by atoms with Gasteiger partial charge in [-0.25, -0.2) is 0 Å². The highest BCUT2D eigenvalue weighted by atomic mass is 19.4. The van der Waals surface area contributed by atoms with Crippen molar-refractivity contribution < 1.29 is 17.9 Å². The number of hydrogen-bond acceptors (Lipinski definition) is 2. The topological polar surface area (TPSA) is 35.2 Å². The van der Waals surface area contributed by atoms with Crippen molar-refractivity contribution in [3.05, 3.63) is 0 Å². The van der Waals surface area contributed by atoms with E-state index >= 15 is 0 Å². The number of methoxy groups -OCH3 is 1. The smallest absolute Gasteiger partial charge is 0.370 e. The zero-order valence-electron chi connectivity index (χ0n) is 6.48. The Balaban J connectivity index is 4.16. The largest absolute Gasteiger partial charge is 0.416 e. The minimum absolute atomic E-state index is 0.248. The van der Waals surface area contributed by atoms with Crippen LogP contribution < -0.4 is 5.73 Å². The number of nitrogens with two attached hydrogens (primary N) is 1. The summed E-state index contributed by atoms with van der Waals surface area (Å²) < 4.78 is 40.1. The highest BCUT2D eigenvalue weighted by Gasteiger charge is 2.43. The Morgan fingerprint density at radius 1 is 1.45 bits per heavy atom. The average Bonchev–Trinajstić information content (AvgIpc) is 1.86. The van der Waals surface area contributed by atoms with E-state index in [1.807, 2.05) is 0 Å². The molecule has 2 nitrogen and oxygen atoms in total. The summed E-state index contributed by atoms with van der Waals surface area (Å²) >= 11 is 0. The van der Waals surface area contributed by atoms with Crippen LogP contribution in [0.3, 0.4) is 0 Å². The van der Waals surface area contributed by atoms with E-state index < -0.39 is 18.3 Å². The van der Waals surface area contributed by atoms with Gasteiger partial charge in [-0.3, -0.25) is 0 Å². The minimum atomic E-state index is -4.36. The molecule has 0 radical (unpaired) electrons. The van der Waals surface area contributed by atoms with Crippen LogP contribution in [0.15, 0.2) is 0 Å². The fourth-order valence-electron chi connectivity index (χ4n) is 0.765. The molecule has 0 saturated carbocycles. The molecule has 0 bridgehead atoms. The van der Waals surface area contributed by atoms with Crippen molar-refractivity contribution in [3.63, 3.8) is 0 Å². The van der Waals surface area contributed by atoms with Crippen LogP contribution in [0.2, 0.25) is 0 Å². The lowest BCUT2D eigenvalue weighted by molar-refractivity contribution is -0.218. The van der Waals surface area contributed by atoms with E-state index in [2.05, 4.69) is 4.74 Å². The monoisotopic (exact) mass is 171 g/mol. The van der Waals surface area contributed by atoms with Crippen LogP contribution in [0.5, 0.6) is 0 Å². The second-order valence-electron chi connectivity index (χ2n) is 2.27. The van der Waals surface area contributed by atoms with Gasteiger partial charge >= 0.3 is 6.18 Å². The molecule has 2 atom stereocenters.